The number of anilines is 2. The van der Waals surface area contributed by atoms with Crippen LogP contribution in [0.3, 0.4) is 0 Å². The fourth-order valence-electron chi connectivity index (χ4n) is 1.44. The Balaban J connectivity index is 2.06. The number of amides is 1. The smallest absolute Gasteiger partial charge is 0.221 e. The van der Waals surface area contributed by atoms with Crippen molar-refractivity contribution >= 4 is 28.6 Å². The summed E-state index contributed by atoms with van der Waals surface area (Å²) in [4.78, 5) is 15.0. The molecule has 0 unspecified atom stereocenters. The number of halogens is 1. The van der Waals surface area contributed by atoms with Gasteiger partial charge < -0.3 is 10.6 Å². The first-order chi connectivity index (χ1) is 8.65. The van der Waals surface area contributed by atoms with Gasteiger partial charge in [-0.3, -0.25) is 4.79 Å². The van der Waals surface area contributed by atoms with Crippen molar-refractivity contribution in [2.75, 3.05) is 10.6 Å². The summed E-state index contributed by atoms with van der Waals surface area (Å²) in [6.45, 7) is 1.91. The Kier molecular flexibility index (Phi) is 3.88. The lowest BCUT2D eigenvalue weighted by Gasteiger charge is -2.08. The Hall–Kier alpha value is -1.95. The van der Waals surface area contributed by atoms with Crippen LogP contribution in [0.1, 0.15) is 11.9 Å². The highest BCUT2D eigenvalue weighted by atomic mass is 32.1. The zero-order chi connectivity index (χ0) is 13.0. The zero-order valence-electron chi connectivity index (χ0n) is 9.74. The van der Waals surface area contributed by atoms with Crippen molar-refractivity contribution < 1.29 is 9.18 Å². The summed E-state index contributed by atoms with van der Waals surface area (Å²) in [5.41, 5.74) is 0.905. The molecule has 1 heterocycles. The van der Waals surface area contributed by atoms with E-state index in [1.807, 2.05) is 5.38 Å². The number of nitrogens with zero attached hydrogens (tertiary/aromatic N) is 1. The number of hydrogen-bond acceptors (Lipinski definition) is 4. The number of carbonyl (C=O) groups is 1. The van der Waals surface area contributed by atoms with Crippen LogP contribution in [0.25, 0.3) is 0 Å². The van der Waals surface area contributed by atoms with E-state index >= 15 is 0 Å². The van der Waals surface area contributed by atoms with Gasteiger partial charge in [-0.05, 0) is 18.2 Å². The molecule has 6 heteroatoms. The average Bonchev–Trinajstić information content (AvgIpc) is 2.82. The molecule has 0 aliphatic heterocycles. The molecule has 2 aromatic rings. The molecule has 0 saturated carbocycles. The maximum absolute atomic E-state index is 13.4. The van der Waals surface area contributed by atoms with E-state index in [0.717, 1.165) is 10.7 Å². The first-order valence-electron chi connectivity index (χ1n) is 5.34. The minimum absolute atomic E-state index is 0.173. The minimum Gasteiger partial charge on any atom is -0.378 e. The second kappa shape index (κ2) is 5.59. The van der Waals surface area contributed by atoms with Crippen LogP contribution in [0.4, 0.5) is 15.8 Å². The highest BCUT2D eigenvalue weighted by molar-refractivity contribution is 7.09. The molecule has 18 heavy (non-hydrogen) atoms. The monoisotopic (exact) mass is 265 g/mol. The number of benzene rings is 1. The van der Waals surface area contributed by atoms with E-state index in [4.69, 9.17) is 0 Å². The molecule has 0 saturated heterocycles. The predicted molar refractivity (Wildman–Crippen MR) is 70.1 cm³/mol. The molecule has 0 atom stereocenters. The lowest BCUT2D eigenvalue weighted by Crippen LogP contribution is -2.08. The lowest BCUT2D eigenvalue weighted by molar-refractivity contribution is -0.114. The van der Waals surface area contributed by atoms with E-state index in [-0.39, 0.29) is 11.6 Å². The molecule has 0 radical (unpaired) electrons. The fraction of sp³-hybridized carbons (Fsp3) is 0.167. The van der Waals surface area contributed by atoms with Gasteiger partial charge in [-0.2, -0.15) is 0 Å². The Morgan fingerprint density at radius 3 is 3.00 bits per heavy atom. The van der Waals surface area contributed by atoms with Crippen molar-refractivity contribution in [3.05, 3.63) is 40.6 Å². The first-order valence-corrected chi connectivity index (χ1v) is 6.22. The van der Waals surface area contributed by atoms with Crippen LogP contribution in [-0.2, 0) is 11.3 Å². The average molecular weight is 265 g/mol. The van der Waals surface area contributed by atoms with Crippen molar-refractivity contribution in [1.82, 2.24) is 4.98 Å². The molecular formula is C12H12FN3OS. The van der Waals surface area contributed by atoms with Crippen LogP contribution >= 0.6 is 11.3 Å². The molecule has 94 valence electrons. The quantitative estimate of drug-likeness (QED) is 0.893. The van der Waals surface area contributed by atoms with Gasteiger partial charge in [-0.15, -0.1) is 11.3 Å². The van der Waals surface area contributed by atoms with Gasteiger partial charge in [0.15, 0.2) is 0 Å². The summed E-state index contributed by atoms with van der Waals surface area (Å²) in [5.74, 6) is -0.754. The van der Waals surface area contributed by atoms with Gasteiger partial charge in [-0.1, -0.05) is 0 Å². The Bertz CT molecular complexity index is 542. The van der Waals surface area contributed by atoms with E-state index in [1.165, 1.54) is 13.0 Å². The van der Waals surface area contributed by atoms with E-state index < -0.39 is 5.82 Å². The molecule has 1 aromatic carbocycles. The number of thiazole rings is 1. The molecule has 0 aliphatic carbocycles. The van der Waals surface area contributed by atoms with Crippen LogP contribution in [0.2, 0.25) is 0 Å². The molecule has 2 N–H and O–H groups in total. The zero-order valence-corrected chi connectivity index (χ0v) is 10.6. The fourth-order valence-corrected chi connectivity index (χ4v) is 1.99. The normalized spacial score (nSPS) is 10.1. The highest BCUT2D eigenvalue weighted by Gasteiger charge is 2.05. The first kappa shape index (κ1) is 12.5. The standard InChI is InChI=1S/C12H12FN3OS/c1-8(17)16-11-6-9(2-3-10(11)13)15-7-12-14-4-5-18-12/h2-6,15H,7H2,1H3,(H,16,17). The third-order valence-corrected chi connectivity index (χ3v) is 2.98. The summed E-state index contributed by atoms with van der Waals surface area (Å²) in [6, 6.07) is 4.49. The number of hydrogen-bond donors (Lipinski definition) is 2. The van der Waals surface area contributed by atoms with Gasteiger partial charge in [0.1, 0.15) is 10.8 Å². The summed E-state index contributed by atoms with van der Waals surface area (Å²) in [7, 11) is 0. The van der Waals surface area contributed by atoms with Gasteiger partial charge in [-0.25, -0.2) is 9.37 Å². The third-order valence-electron chi connectivity index (χ3n) is 2.20. The predicted octanol–water partition coefficient (Wildman–Crippen LogP) is 2.85. The van der Waals surface area contributed by atoms with Gasteiger partial charge in [0, 0.05) is 24.2 Å². The number of carbonyl (C=O) groups excluding carboxylic acids is 1. The molecule has 1 amide bonds. The van der Waals surface area contributed by atoms with Crippen LogP contribution in [0, 0.1) is 5.82 Å². The number of rotatable bonds is 4. The Labute approximate surface area is 108 Å². The summed E-state index contributed by atoms with van der Waals surface area (Å²) < 4.78 is 13.4. The second-order valence-electron chi connectivity index (χ2n) is 3.66. The van der Waals surface area contributed by atoms with Crippen LogP contribution in [-0.4, -0.2) is 10.9 Å². The molecule has 0 aliphatic rings. The Morgan fingerprint density at radius 2 is 2.33 bits per heavy atom. The molecule has 0 spiro atoms. The molecule has 1 aromatic heterocycles. The molecule has 0 bridgehead atoms. The van der Waals surface area contributed by atoms with Crippen molar-refractivity contribution in [3.63, 3.8) is 0 Å². The van der Waals surface area contributed by atoms with Crippen LogP contribution in [0.5, 0.6) is 0 Å². The minimum atomic E-state index is -0.454. The van der Waals surface area contributed by atoms with Gasteiger partial charge in [0.25, 0.3) is 0 Å². The number of nitrogens with one attached hydrogen (secondary N) is 2. The second-order valence-corrected chi connectivity index (χ2v) is 4.63. The molecule has 2 rings (SSSR count). The molecular weight excluding hydrogens is 253 g/mol. The van der Waals surface area contributed by atoms with E-state index in [2.05, 4.69) is 15.6 Å². The summed E-state index contributed by atoms with van der Waals surface area (Å²) in [6.07, 6.45) is 1.73. The van der Waals surface area contributed by atoms with Gasteiger partial charge in [0.05, 0.1) is 12.2 Å². The SMILES string of the molecule is CC(=O)Nc1cc(NCc2nccs2)ccc1F. The maximum Gasteiger partial charge on any atom is 0.221 e. The largest absolute Gasteiger partial charge is 0.378 e. The van der Waals surface area contributed by atoms with Gasteiger partial charge >= 0.3 is 0 Å². The van der Waals surface area contributed by atoms with E-state index in [0.29, 0.717) is 6.54 Å². The van der Waals surface area contributed by atoms with E-state index in [9.17, 15) is 9.18 Å². The summed E-state index contributed by atoms with van der Waals surface area (Å²) in [5, 5.41) is 8.40. The van der Waals surface area contributed by atoms with E-state index in [1.54, 1.807) is 29.7 Å². The van der Waals surface area contributed by atoms with Crippen molar-refractivity contribution in [2.24, 2.45) is 0 Å². The van der Waals surface area contributed by atoms with Crippen LogP contribution < -0.4 is 10.6 Å². The van der Waals surface area contributed by atoms with Crippen molar-refractivity contribution in [1.29, 1.82) is 0 Å². The lowest BCUT2D eigenvalue weighted by atomic mass is 10.2. The van der Waals surface area contributed by atoms with Crippen molar-refractivity contribution in [3.8, 4) is 0 Å². The summed E-state index contributed by atoms with van der Waals surface area (Å²) >= 11 is 1.54. The van der Waals surface area contributed by atoms with Gasteiger partial charge in [0.2, 0.25) is 5.91 Å². The third kappa shape index (κ3) is 3.27. The van der Waals surface area contributed by atoms with Crippen LogP contribution in [0.15, 0.2) is 29.8 Å². The Morgan fingerprint density at radius 1 is 1.50 bits per heavy atom. The van der Waals surface area contributed by atoms with Crippen molar-refractivity contribution in [2.45, 2.75) is 13.5 Å². The molecule has 0 fully saturated rings. The number of aromatic nitrogens is 1. The highest BCUT2D eigenvalue weighted by Crippen LogP contribution is 2.20. The maximum atomic E-state index is 13.4. The topological polar surface area (TPSA) is 54.0 Å². The molecule has 4 nitrogen and oxygen atoms in total.